The minimum atomic E-state index is -0.995. The number of nitro groups is 1. The summed E-state index contributed by atoms with van der Waals surface area (Å²) in [5.74, 6) is -0.496. The fourth-order valence-electron chi connectivity index (χ4n) is 2.81. The number of nitrogens with one attached hydrogen (secondary N) is 1. The van der Waals surface area contributed by atoms with Crippen LogP contribution in [0.4, 0.5) is 15.3 Å². The van der Waals surface area contributed by atoms with Crippen LogP contribution in [0.2, 0.25) is 0 Å². The summed E-state index contributed by atoms with van der Waals surface area (Å²) in [6, 6.07) is 5.69. The molecule has 0 amide bonds. The molecule has 0 saturated carbocycles. The number of allylic oxidation sites excluding steroid dienone is 2. The highest BCUT2D eigenvalue weighted by Gasteiger charge is 2.36. The molecule has 0 spiro atoms. The molecule has 1 atom stereocenters. The van der Waals surface area contributed by atoms with Crippen molar-refractivity contribution < 1.29 is 33.5 Å². The lowest BCUT2D eigenvalue weighted by Crippen LogP contribution is -2.29. The molecule has 11 heteroatoms. The lowest BCUT2D eigenvalue weighted by molar-refractivity contribution is -0.384. The van der Waals surface area contributed by atoms with Gasteiger partial charge in [0, 0.05) is 18.0 Å². The van der Waals surface area contributed by atoms with Gasteiger partial charge in [-0.1, -0.05) is 12.1 Å². The lowest BCUT2D eigenvalue weighted by atomic mass is 9.90. The first-order valence-electron chi connectivity index (χ1n) is 8.87. The number of alkyl halides is 1. The summed E-state index contributed by atoms with van der Waals surface area (Å²) in [6.45, 7) is 3.34. The monoisotopic (exact) mass is 440 g/mol. The van der Waals surface area contributed by atoms with Crippen LogP contribution >= 0.6 is 11.6 Å². The van der Waals surface area contributed by atoms with Gasteiger partial charge in [0.1, 0.15) is 17.4 Å². The second kappa shape index (κ2) is 10.5. The van der Waals surface area contributed by atoms with Crippen LogP contribution in [0, 0.1) is 10.1 Å². The molecule has 10 nitrogen and oxygen atoms in total. The number of methoxy groups -OCH3 is 1. The van der Waals surface area contributed by atoms with Gasteiger partial charge in [0.15, 0.2) is 0 Å². The molecule has 1 heterocycles. The van der Waals surface area contributed by atoms with Crippen LogP contribution in [0.1, 0.15) is 31.7 Å². The normalized spacial score (nSPS) is 15.9. The topological polar surface area (TPSA) is 126 Å². The number of non-ortho nitro benzene ring substituents is 1. The van der Waals surface area contributed by atoms with E-state index in [1.165, 1.54) is 18.2 Å². The Bertz CT molecular complexity index is 896. The number of hydrogen-bond donors (Lipinski definition) is 1. The summed E-state index contributed by atoms with van der Waals surface area (Å²) in [7, 11) is 1.14. The van der Waals surface area contributed by atoms with Crippen molar-refractivity contribution >= 4 is 29.6 Å². The van der Waals surface area contributed by atoms with Crippen LogP contribution in [0.15, 0.2) is 47.2 Å². The molecular weight excluding hydrogens is 420 g/mol. The van der Waals surface area contributed by atoms with E-state index in [2.05, 4.69) is 10.1 Å². The van der Waals surface area contributed by atoms with Crippen molar-refractivity contribution in [3.05, 3.63) is 62.9 Å². The summed E-state index contributed by atoms with van der Waals surface area (Å²) in [6.07, 6.45) is -1.54. The second-order valence-corrected chi connectivity index (χ2v) is 6.57. The Labute approximate surface area is 177 Å². The number of ether oxygens (including phenoxy) is 4. The lowest BCUT2D eigenvalue weighted by Gasteiger charge is -2.30. The van der Waals surface area contributed by atoms with Crippen molar-refractivity contribution in [2.45, 2.75) is 26.2 Å². The van der Waals surface area contributed by atoms with E-state index in [4.69, 9.17) is 25.8 Å². The first-order valence-corrected chi connectivity index (χ1v) is 9.41. The Hall–Kier alpha value is -3.27. The standard InChI is InChI=1S/C19H21ClN2O8/c1-11-16(29-18(23)27-3)15(13-6-4-7-14(10-13)22(25)26)17(12(2)21-11)30-19(24)28-9-5-8-20/h4,6-7,10,15,21H,5,8-9H2,1-3H3. The van der Waals surface area contributed by atoms with Crippen LogP contribution in [-0.2, 0) is 18.9 Å². The van der Waals surface area contributed by atoms with Gasteiger partial charge in [0.05, 0.1) is 30.0 Å². The smallest absolute Gasteiger partial charge is 0.437 e. The predicted molar refractivity (Wildman–Crippen MR) is 106 cm³/mol. The Morgan fingerprint density at radius 2 is 1.80 bits per heavy atom. The van der Waals surface area contributed by atoms with Crippen LogP contribution < -0.4 is 5.32 Å². The third-order valence-corrected chi connectivity index (χ3v) is 4.37. The van der Waals surface area contributed by atoms with Gasteiger partial charge in [0.2, 0.25) is 0 Å². The number of carbonyl (C=O) groups is 2. The molecule has 1 aliphatic heterocycles. The molecular formula is C19H21ClN2O8. The van der Waals surface area contributed by atoms with E-state index < -0.39 is 23.2 Å². The Kier molecular flexibility index (Phi) is 8.05. The maximum Gasteiger partial charge on any atom is 0.513 e. The fraction of sp³-hybridized carbons (Fsp3) is 0.368. The molecule has 0 fully saturated rings. The summed E-state index contributed by atoms with van der Waals surface area (Å²) in [5, 5.41) is 14.2. The molecule has 0 aromatic heterocycles. The van der Waals surface area contributed by atoms with Crippen LogP contribution in [0.5, 0.6) is 0 Å². The number of nitrogens with zero attached hydrogens (tertiary/aromatic N) is 1. The molecule has 0 radical (unpaired) electrons. The highest BCUT2D eigenvalue weighted by molar-refractivity contribution is 6.17. The van der Waals surface area contributed by atoms with Crippen molar-refractivity contribution in [1.82, 2.24) is 5.32 Å². The number of carbonyl (C=O) groups excluding carboxylic acids is 2. The summed E-state index contributed by atoms with van der Waals surface area (Å²) >= 11 is 5.57. The zero-order valence-corrected chi connectivity index (χ0v) is 17.4. The molecule has 0 saturated heterocycles. The van der Waals surface area contributed by atoms with Crippen molar-refractivity contribution in [3.8, 4) is 0 Å². The van der Waals surface area contributed by atoms with Crippen molar-refractivity contribution in [1.29, 1.82) is 0 Å². The molecule has 1 aromatic carbocycles. The zero-order valence-electron chi connectivity index (χ0n) is 16.6. The molecule has 30 heavy (non-hydrogen) atoms. The van der Waals surface area contributed by atoms with Gasteiger partial charge in [-0.2, -0.15) is 0 Å². The number of rotatable bonds is 7. The van der Waals surface area contributed by atoms with E-state index in [9.17, 15) is 19.7 Å². The van der Waals surface area contributed by atoms with Gasteiger partial charge >= 0.3 is 12.3 Å². The first-order chi connectivity index (χ1) is 14.3. The van der Waals surface area contributed by atoms with E-state index in [0.29, 0.717) is 29.3 Å². The summed E-state index contributed by atoms with van der Waals surface area (Å²) in [4.78, 5) is 34.6. The van der Waals surface area contributed by atoms with Crippen LogP contribution in [0.25, 0.3) is 0 Å². The molecule has 1 aromatic rings. The van der Waals surface area contributed by atoms with Crippen molar-refractivity contribution in [3.63, 3.8) is 0 Å². The summed E-state index contributed by atoms with van der Waals surface area (Å²) < 4.78 is 20.2. The van der Waals surface area contributed by atoms with Gasteiger partial charge in [-0.3, -0.25) is 10.1 Å². The van der Waals surface area contributed by atoms with Gasteiger partial charge in [0.25, 0.3) is 5.69 Å². The molecule has 2 rings (SSSR count). The number of benzene rings is 1. The number of dihydropyridines is 1. The number of nitro benzene ring substituents is 1. The SMILES string of the molecule is COC(=O)OC1=C(C)NC(C)=C(OC(=O)OCCCCl)C1c1cccc([N+](=O)[O-])c1. The van der Waals surface area contributed by atoms with E-state index in [0.717, 1.165) is 7.11 Å². The molecule has 0 bridgehead atoms. The highest BCUT2D eigenvalue weighted by Crippen LogP contribution is 2.40. The second-order valence-electron chi connectivity index (χ2n) is 6.19. The zero-order chi connectivity index (χ0) is 22.3. The average molecular weight is 441 g/mol. The van der Waals surface area contributed by atoms with E-state index in [1.807, 2.05) is 0 Å². The van der Waals surface area contributed by atoms with Gasteiger partial charge < -0.3 is 24.3 Å². The van der Waals surface area contributed by atoms with Gasteiger partial charge in [-0.15, -0.1) is 11.6 Å². The maximum atomic E-state index is 12.1. The van der Waals surface area contributed by atoms with E-state index in [1.54, 1.807) is 19.9 Å². The molecule has 0 aliphatic carbocycles. The van der Waals surface area contributed by atoms with Crippen LogP contribution in [0.3, 0.4) is 0 Å². The molecule has 162 valence electrons. The Morgan fingerprint density at radius 1 is 1.17 bits per heavy atom. The third kappa shape index (κ3) is 5.63. The largest absolute Gasteiger partial charge is 0.513 e. The third-order valence-electron chi connectivity index (χ3n) is 4.10. The van der Waals surface area contributed by atoms with Crippen molar-refractivity contribution in [2.24, 2.45) is 0 Å². The van der Waals surface area contributed by atoms with Gasteiger partial charge in [-0.25, -0.2) is 9.59 Å². The highest BCUT2D eigenvalue weighted by atomic mass is 35.5. The molecule has 1 aliphatic rings. The number of halogens is 1. The maximum absolute atomic E-state index is 12.1. The fourth-order valence-corrected chi connectivity index (χ4v) is 2.92. The number of hydrogen-bond acceptors (Lipinski definition) is 9. The Morgan fingerprint density at radius 3 is 2.37 bits per heavy atom. The quantitative estimate of drug-likeness (QED) is 0.217. The first kappa shape index (κ1) is 23.0. The van der Waals surface area contributed by atoms with Crippen molar-refractivity contribution in [2.75, 3.05) is 19.6 Å². The molecule has 1 unspecified atom stereocenters. The molecule has 1 N–H and O–H groups in total. The minimum Gasteiger partial charge on any atom is -0.437 e. The average Bonchev–Trinajstić information content (AvgIpc) is 2.71. The minimum absolute atomic E-state index is 0.0595. The Balaban J connectivity index is 2.48. The van der Waals surface area contributed by atoms with Gasteiger partial charge in [-0.05, 0) is 25.8 Å². The summed E-state index contributed by atoms with van der Waals surface area (Å²) in [5.41, 5.74) is 1.07. The van der Waals surface area contributed by atoms with E-state index in [-0.39, 0.29) is 23.8 Å². The van der Waals surface area contributed by atoms with Crippen LogP contribution in [-0.4, -0.2) is 36.8 Å². The van der Waals surface area contributed by atoms with E-state index >= 15 is 0 Å². The predicted octanol–water partition coefficient (Wildman–Crippen LogP) is 4.31.